The maximum Gasteiger partial charge on any atom is 0.410 e. The number of ether oxygens (including phenoxy) is 1. The molecule has 5 heteroatoms. The van der Waals surface area contributed by atoms with E-state index in [1.54, 1.807) is 4.90 Å². The minimum absolute atomic E-state index is 0.0617. The van der Waals surface area contributed by atoms with Crippen molar-refractivity contribution in [3.8, 4) is 0 Å². The number of hydrogen-bond donors (Lipinski definition) is 0. The zero-order chi connectivity index (χ0) is 18.6. The minimum Gasteiger partial charge on any atom is -0.444 e. The summed E-state index contributed by atoms with van der Waals surface area (Å²) in [5.41, 5.74) is 0.479. The van der Waals surface area contributed by atoms with Gasteiger partial charge in [-0.1, -0.05) is 55.9 Å². The van der Waals surface area contributed by atoms with Crippen LogP contribution in [0.1, 0.15) is 46.6 Å². The van der Waals surface area contributed by atoms with E-state index in [-0.39, 0.29) is 10.4 Å². The van der Waals surface area contributed by atoms with Gasteiger partial charge >= 0.3 is 6.09 Å². The van der Waals surface area contributed by atoms with Gasteiger partial charge in [-0.25, -0.2) is 4.79 Å². The van der Waals surface area contributed by atoms with Crippen LogP contribution in [-0.2, 0) is 16.0 Å². The Morgan fingerprint density at radius 1 is 1.28 bits per heavy atom. The van der Waals surface area contributed by atoms with Crippen molar-refractivity contribution in [1.29, 1.82) is 0 Å². The van der Waals surface area contributed by atoms with Crippen molar-refractivity contribution in [2.75, 3.05) is 6.54 Å². The molecule has 0 aromatic heterocycles. The third-order valence-corrected chi connectivity index (χ3v) is 5.14. The SMILES string of the molecule is CC(C)C[C@H]1CN(C(=O)OC(C)(C)C)[C@@H](Cc2ccccc2)C(=O)S1. The average molecular weight is 364 g/mol. The van der Waals surface area contributed by atoms with Gasteiger partial charge in [-0.15, -0.1) is 0 Å². The topological polar surface area (TPSA) is 46.6 Å². The molecule has 138 valence electrons. The predicted molar refractivity (Wildman–Crippen MR) is 103 cm³/mol. The first-order valence-corrected chi connectivity index (χ1v) is 9.77. The van der Waals surface area contributed by atoms with E-state index in [0.29, 0.717) is 18.9 Å². The molecule has 1 aliphatic rings. The van der Waals surface area contributed by atoms with Gasteiger partial charge in [0.05, 0.1) is 0 Å². The van der Waals surface area contributed by atoms with Crippen LogP contribution in [0.5, 0.6) is 0 Å². The molecule has 4 nitrogen and oxygen atoms in total. The summed E-state index contributed by atoms with van der Waals surface area (Å²) < 4.78 is 5.57. The maximum absolute atomic E-state index is 12.8. The Hall–Kier alpha value is -1.49. The first-order valence-electron chi connectivity index (χ1n) is 8.89. The van der Waals surface area contributed by atoms with E-state index in [0.717, 1.165) is 12.0 Å². The highest BCUT2D eigenvalue weighted by Crippen LogP contribution is 2.31. The summed E-state index contributed by atoms with van der Waals surface area (Å²) in [4.78, 5) is 27.2. The van der Waals surface area contributed by atoms with Crippen LogP contribution < -0.4 is 0 Å². The van der Waals surface area contributed by atoms with Crippen LogP contribution in [-0.4, -0.2) is 39.5 Å². The van der Waals surface area contributed by atoms with Crippen molar-refractivity contribution in [3.05, 3.63) is 35.9 Å². The van der Waals surface area contributed by atoms with E-state index in [4.69, 9.17) is 4.74 Å². The molecule has 1 saturated heterocycles. The molecule has 0 bridgehead atoms. The number of nitrogens with zero attached hydrogens (tertiary/aromatic N) is 1. The van der Waals surface area contributed by atoms with E-state index >= 15 is 0 Å². The lowest BCUT2D eigenvalue weighted by Crippen LogP contribution is -2.53. The van der Waals surface area contributed by atoms with Crippen LogP contribution in [0, 0.1) is 5.92 Å². The molecule has 1 aliphatic heterocycles. The largest absolute Gasteiger partial charge is 0.444 e. The summed E-state index contributed by atoms with van der Waals surface area (Å²) in [5.74, 6) is 0.483. The fourth-order valence-electron chi connectivity index (χ4n) is 2.96. The number of carbonyl (C=O) groups is 2. The Balaban J connectivity index is 2.20. The number of amides is 1. The van der Waals surface area contributed by atoms with Gasteiger partial charge in [0, 0.05) is 18.2 Å². The molecule has 1 aromatic rings. The molecule has 1 heterocycles. The maximum atomic E-state index is 12.8. The summed E-state index contributed by atoms with van der Waals surface area (Å²) in [7, 11) is 0. The molecule has 1 aromatic carbocycles. The van der Waals surface area contributed by atoms with E-state index in [1.807, 2.05) is 51.1 Å². The summed E-state index contributed by atoms with van der Waals surface area (Å²) >= 11 is 1.39. The van der Waals surface area contributed by atoms with Crippen LogP contribution in [0.3, 0.4) is 0 Å². The fraction of sp³-hybridized carbons (Fsp3) is 0.600. The van der Waals surface area contributed by atoms with E-state index in [2.05, 4.69) is 13.8 Å². The molecule has 25 heavy (non-hydrogen) atoms. The number of thioether (sulfide) groups is 1. The predicted octanol–water partition coefficient (Wildman–Crippen LogP) is 4.52. The summed E-state index contributed by atoms with van der Waals surface area (Å²) in [5, 5.41) is 0.193. The Labute approximate surface area is 155 Å². The monoisotopic (exact) mass is 363 g/mol. The van der Waals surface area contributed by atoms with Gasteiger partial charge in [0.1, 0.15) is 11.6 Å². The molecule has 2 rings (SSSR count). The van der Waals surface area contributed by atoms with Gasteiger partial charge in [-0.05, 0) is 38.7 Å². The van der Waals surface area contributed by atoms with Crippen molar-refractivity contribution in [1.82, 2.24) is 4.90 Å². The Bertz CT molecular complexity index is 595. The molecular formula is C20H29NO3S. The molecular weight excluding hydrogens is 334 g/mol. The molecule has 0 saturated carbocycles. The number of carbonyl (C=O) groups excluding carboxylic acids is 2. The Kier molecular flexibility index (Phi) is 6.55. The van der Waals surface area contributed by atoms with E-state index in [1.165, 1.54) is 11.8 Å². The van der Waals surface area contributed by atoms with Crippen molar-refractivity contribution >= 4 is 23.0 Å². The smallest absolute Gasteiger partial charge is 0.410 e. The molecule has 1 fully saturated rings. The van der Waals surface area contributed by atoms with E-state index < -0.39 is 17.7 Å². The van der Waals surface area contributed by atoms with Crippen molar-refractivity contribution < 1.29 is 14.3 Å². The standard InChI is InChI=1S/C20H29NO3S/c1-14(2)11-16-13-21(19(23)24-20(3,4)5)17(18(22)25-16)12-15-9-7-6-8-10-15/h6-10,14,16-17H,11-13H2,1-5H3/t16-,17-/m0/s1. The van der Waals surface area contributed by atoms with Crippen molar-refractivity contribution in [2.24, 2.45) is 5.92 Å². The van der Waals surface area contributed by atoms with Crippen LogP contribution in [0.2, 0.25) is 0 Å². The second-order valence-electron chi connectivity index (χ2n) is 8.03. The first kappa shape index (κ1) is 19.8. The second-order valence-corrected chi connectivity index (χ2v) is 9.33. The highest BCUT2D eigenvalue weighted by Gasteiger charge is 2.40. The molecule has 0 aliphatic carbocycles. The van der Waals surface area contributed by atoms with Gasteiger partial charge in [-0.3, -0.25) is 9.69 Å². The van der Waals surface area contributed by atoms with Crippen molar-refractivity contribution in [3.63, 3.8) is 0 Å². The first-order chi connectivity index (χ1) is 11.7. The molecule has 0 N–H and O–H groups in total. The van der Waals surface area contributed by atoms with Crippen LogP contribution in [0.4, 0.5) is 4.79 Å². The third kappa shape index (κ3) is 6.07. The fourth-order valence-corrected chi connectivity index (χ4v) is 4.37. The molecule has 0 spiro atoms. The lowest BCUT2D eigenvalue weighted by molar-refractivity contribution is -0.116. The lowest BCUT2D eigenvalue weighted by Gasteiger charge is -2.39. The lowest BCUT2D eigenvalue weighted by atomic mass is 10.0. The normalized spacial score (nSPS) is 21.5. The number of benzene rings is 1. The third-order valence-electron chi connectivity index (χ3n) is 3.97. The zero-order valence-corrected chi connectivity index (χ0v) is 16.6. The molecule has 1 amide bonds. The van der Waals surface area contributed by atoms with Gasteiger partial charge in [0.15, 0.2) is 0 Å². The highest BCUT2D eigenvalue weighted by atomic mass is 32.2. The number of hydrogen-bond acceptors (Lipinski definition) is 4. The average Bonchev–Trinajstić information content (AvgIpc) is 2.48. The molecule has 0 unspecified atom stereocenters. The van der Waals surface area contributed by atoms with Crippen molar-refractivity contribution in [2.45, 2.75) is 64.4 Å². The van der Waals surface area contributed by atoms with E-state index in [9.17, 15) is 9.59 Å². The highest BCUT2D eigenvalue weighted by molar-refractivity contribution is 8.14. The summed E-state index contributed by atoms with van der Waals surface area (Å²) in [6, 6.07) is 9.37. The van der Waals surface area contributed by atoms with Gasteiger partial charge in [-0.2, -0.15) is 0 Å². The minimum atomic E-state index is -0.574. The zero-order valence-electron chi connectivity index (χ0n) is 15.8. The van der Waals surface area contributed by atoms with Crippen LogP contribution in [0.25, 0.3) is 0 Å². The van der Waals surface area contributed by atoms with Crippen LogP contribution in [0.15, 0.2) is 30.3 Å². The molecule has 2 atom stereocenters. The quantitative estimate of drug-likeness (QED) is 0.789. The summed E-state index contributed by atoms with van der Waals surface area (Å²) in [6.45, 7) is 10.4. The Morgan fingerprint density at radius 3 is 2.48 bits per heavy atom. The van der Waals surface area contributed by atoms with Gasteiger partial charge in [0.25, 0.3) is 0 Å². The Morgan fingerprint density at radius 2 is 1.92 bits per heavy atom. The summed E-state index contributed by atoms with van der Waals surface area (Å²) in [6.07, 6.45) is 1.05. The van der Waals surface area contributed by atoms with Gasteiger partial charge in [0.2, 0.25) is 5.12 Å². The van der Waals surface area contributed by atoms with Gasteiger partial charge < -0.3 is 4.74 Å². The number of rotatable bonds is 4. The second kappa shape index (κ2) is 8.26. The molecule has 0 radical (unpaired) electrons. The van der Waals surface area contributed by atoms with Crippen LogP contribution >= 0.6 is 11.8 Å².